The number of halogens is 1. The van der Waals surface area contributed by atoms with Crippen molar-refractivity contribution in [3.8, 4) is 0 Å². The van der Waals surface area contributed by atoms with Crippen molar-refractivity contribution in [2.75, 3.05) is 19.7 Å². The number of non-ortho nitro benzene ring substituents is 1. The lowest BCUT2D eigenvalue weighted by Crippen LogP contribution is -2.45. The van der Waals surface area contributed by atoms with E-state index < -0.39 is 4.92 Å². The van der Waals surface area contributed by atoms with E-state index in [2.05, 4.69) is 0 Å². The Hall–Kier alpha value is -2.09. The molecule has 1 aliphatic heterocycles. The Bertz CT molecular complexity index is 813. The summed E-state index contributed by atoms with van der Waals surface area (Å²) in [7, 11) is 0. The summed E-state index contributed by atoms with van der Waals surface area (Å²) in [5, 5.41) is 11.1. The largest absolute Gasteiger partial charge is 0.370 e. The van der Waals surface area contributed by atoms with Crippen molar-refractivity contribution in [3.63, 3.8) is 0 Å². The number of benzene rings is 2. The molecule has 2 atom stereocenters. The molecule has 1 amide bonds. The predicted molar refractivity (Wildman–Crippen MR) is 105 cm³/mol. The molecule has 6 nitrogen and oxygen atoms in total. The van der Waals surface area contributed by atoms with E-state index in [4.69, 9.17) is 16.3 Å². The lowest BCUT2D eigenvalue weighted by molar-refractivity contribution is -0.384. The lowest BCUT2D eigenvalue weighted by Gasteiger charge is -2.34. The van der Waals surface area contributed by atoms with Crippen LogP contribution in [0.3, 0.4) is 0 Å². The first-order chi connectivity index (χ1) is 12.9. The third-order valence-corrected chi connectivity index (χ3v) is 5.68. The highest BCUT2D eigenvalue weighted by Crippen LogP contribution is 2.29. The number of morpholine rings is 1. The molecule has 1 saturated heterocycles. The number of nitrogens with zero attached hydrogens (tertiary/aromatic N) is 2. The number of hydrogen-bond donors (Lipinski definition) is 0. The van der Waals surface area contributed by atoms with Crippen molar-refractivity contribution < 1.29 is 14.5 Å². The smallest absolute Gasteiger partial charge is 0.269 e. The Morgan fingerprint density at radius 3 is 2.56 bits per heavy atom. The molecule has 1 aliphatic rings. The van der Waals surface area contributed by atoms with Crippen LogP contribution in [0.1, 0.15) is 18.6 Å². The fourth-order valence-electron chi connectivity index (χ4n) is 2.89. The van der Waals surface area contributed by atoms with Gasteiger partial charge in [0.2, 0.25) is 5.91 Å². The molecule has 3 rings (SSSR count). The van der Waals surface area contributed by atoms with Gasteiger partial charge in [-0.1, -0.05) is 23.7 Å². The zero-order valence-electron chi connectivity index (χ0n) is 14.7. The maximum Gasteiger partial charge on any atom is 0.269 e. The summed E-state index contributed by atoms with van der Waals surface area (Å²) in [5.74, 6) is 0.0283. The SMILES string of the molecule is CC(Sc1ccc([N+](=O)[O-])cc1)C(=O)N1CCOC(c2ccc(Cl)cc2)C1. The van der Waals surface area contributed by atoms with Crippen molar-refractivity contribution >= 4 is 35.0 Å². The molecule has 2 aromatic rings. The lowest BCUT2D eigenvalue weighted by atomic mass is 10.1. The van der Waals surface area contributed by atoms with E-state index in [1.807, 2.05) is 36.1 Å². The minimum atomic E-state index is -0.437. The summed E-state index contributed by atoms with van der Waals surface area (Å²) in [6, 6.07) is 13.7. The van der Waals surface area contributed by atoms with Crippen LogP contribution < -0.4 is 0 Å². The van der Waals surface area contributed by atoms with Gasteiger partial charge >= 0.3 is 0 Å². The molecule has 8 heteroatoms. The number of carbonyl (C=O) groups excluding carboxylic acids is 1. The predicted octanol–water partition coefficient (Wildman–Crippen LogP) is 4.33. The summed E-state index contributed by atoms with van der Waals surface area (Å²) in [6.45, 7) is 3.37. The highest BCUT2D eigenvalue weighted by atomic mass is 35.5. The monoisotopic (exact) mass is 406 g/mol. The van der Waals surface area contributed by atoms with Crippen molar-refractivity contribution in [1.29, 1.82) is 0 Å². The van der Waals surface area contributed by atoms with Gasteiger partial charge < -0.3 is 9.64 Å². The molecule has 0 aromatic heterocycles. The fraction of sp³-hybridized carbons (Fsp3) is 0.316. The number of nitro benzene ring substituents is 1. The molecule has 0 spiro atoms. The number of carbonyl (C=O) groups is 1. The number of nitro groups is 1. The zero-order chi connectivity index (χ0) is 19.4. The van der Waals surface area contributed by atoms with Gasteiger partial charge in [-0.15, -0.1) is 11.8 Å². The van der Waals surface area contributed by atoms with Crippen molar-refractivity contribution in [1.82, 2.24) is 4.90 Å². The Labute approximate surface area is 166 Å². The molecule has 0 saturated carbocycles. The minimum Gasteiger partial charge on any atom is -0.370 e. The second-order valence-corrected chi connectivity index (χ2v) is 8.06. The summed E-state index contributed by atoms with van der Waals surface area (Å²) >= 11 is 7.32. The Morgan fingerprint density at radius 2 is 1.93 bits per heavy atom. The van der Waals surface area contributed by atoms with Gasteiger partial charge in [-0.2, -0.15) is 0 Å². The van der Waals surface area contributed by atoms with Gasteiger partial charge in [0.1, 0.15) is 6.10 Å². The molecule has 142 valence electrons. The molecule has 2 unspecified atom stereocenters. The summed E-state index contributed by atoms with van der Waals surface area (Å²) in [5.41, 5.74) is 1.03. The molecule has 2 aromatic carbocycles. The maximum atomic E-state index is 12.8. The van der Waals surface area contributed by atoms with Gasteiger partial charge in [-0.05, 0) is 36.8 Å². The Kier molecular flexibility index (Phi) is 6.36. The van der Waals surface area contributed by atoms with Crippen LogP contribution in [-0.4, -0.2) is 40.7 Å². The molecule has 27 heavy (non-hydrogen) atoms. The quantitative estimate of drug-likeness (QED) is 0.420. The maximum absolute atomic E-state index is 12.8. The second-order valence-electron chi connectivity index (χ2n) is 6.21. The second kappa shape index (κ2) is 8.73. The van der Waals surface area contributed by atoms with Crippen LogP contribution >= 0.6 is 23.4 Å². The van der Waals surface area contributed by atoms with Gasteiger partial charge in [0.25, 0.3) is 5.69 Å². The summed E-state index contributed by atoms with van der Waals surface area (Å²) in [4.78, 5) is 25.8. The van der Waals surface area contributed by atoms with Crippen LogP contribution in [0.25, 0.3) is 0 Å². The average Bonchev–Trinajstić information content (AvgIpc) is 2.68. The molecule has 1 fully saturated rings. The van der Waals surface area contributed by atoms with E-state index in [0.29, 0.717) is 24.7 Å². The first-order valence-corrected chi connectivity index (χ1v) is 9.77. The third-order valence-electron chi connectivity index (χ3n) is 4.33. The van der Waals surface area contributed by atoms with E-state index >= 15 is 0 Å². The van der Waals surface area contributed by atoms with E-state index in [-0.39, 0.29) is 22.9 Å². The molecular formula is C19H19ClN2O4S. The number of thioether (sulfide) groups is 1. The first-order valence-electron chi connectivity index (χ1n) is 8.51. The minimum absolute atomic E-state index is 0.0283. The van der Waals surface area contributed by atoms with E-state index in [0.717, 1.165) is 10.5 Å². The van der Waals surface area contributed by atoms with Crippen LogP contribution in [0.15, 0.2) is 53.4 Å². The molecule has 1 heterocycles. The van der Waals surface area contributed by atoms with E-state index in [9.17, 15) is 14.9 Å². The van der Waals surface area contributed by atoms with Gasteiger partial charge in [0.05, 0.1) is 23.3 Å². The molecular weight excluding hydrogens is 388 g/mol. The Morgan fingerprint density at radius 1 is 1.26 bits per heavy atom. The molecule has 0 aliphatic carbocycles. The van der Waals surface area contributed by atoms with Crippen LogP contribution in [0, 0.1) is 10.1 Å². The number of rotatable bonds is 5. The first kappa shape index (κ1) is 19.7. The molecule has 0 radical (unpaired) electrons. The summed E-state index contributed by atoms with van der Waals surface area (Å²) < 4.78 is 5.81. The normalized spacial score (nSPS) is 18.1. The van der Waals surface area contributed by atoms with Gasteiger partial charge in [-0.3, -0.25) is 14.9 Å². The van der Waals surface area contributed by atoms with Gasteiger partial charge in [0, 0.05) is 28.6 Å². The van der Waals surface area contributed by atoms with Gasteiger partial charge in [0.15, 0.2) is 0 Å². The summed E-state index contributed by atoms with van der Waals surface area (Å²) in [6.07, 6.45) is -0.170. The van der Waals surface area contributed by atoms with Gasteiger partial charge in [-0.25, -0.2) is 0 Å². The average molecular weight is 407 g/mol. The van der Waals surface area contributed by atoms with Crippen LogP contribution in [0.2, 0.25) is 5.02 Å². The number of ether oxygens (including phenoxy) is 1. The molecule has 0 bridgehead atoms. The fourth-order valence-corrected chi connectivity index (χ4v) is 3.96. The van der Waals surface area contributed by atoms with Crippen molar-refractivity contribution in [2.24, 2.45) is 0 Å². The number of amides is 1. The standard InChI is InChI=1S/C19H19ClN2O4S/c1-13(27-17-8-6-16(7-9-17)22(24)25)19(23)21-10-11-26-18(12-21)14-2-4-15(20)5-3-14/h2-9,13,18H,10-12H2,1H3. The van der Waals surface area contributed by atoms with E-state index in [1.54, 1.807) is 12.1 Å². The van der Waals surface area contributed by atoms with E-state index in [1.165, 1.54) is 23.9 Å². The number of hydrogen-bond acceptors (Lipinski definition) is 5. The Balaban J connectivity index is 1.61. The van der Waals surface area contributed by atoms with Crippen molar-refractivity contribution in [2.45, 2.75) is 23.2 Å². The van der Waals surface area contributed by atoms with Crippen LogP contribution in [0.5, 0.6) is 0 Å². The third kappa shape index (κ3) is 5.00. The zero-order valence-corrected chi connectivity index (χ0v) is 16.3. The topological polar surface area (TPSA) is 72.7 Å². The van der Waals surface area contributed by atoms with Crippen LogP contribution in [0.4, 0.5) is 5.69 Å². The highest BCUT2D eigenvalue weighted by Gasteiger charge is 2.28. The molecule has 0 N–H and O–H groups in total. The van der Waals surface area contributed by atoms with Crippen molar-refractivity contribution in [3.05, 3.63) is 69.2 Å². The van der Waals surface area contributed by atoms with Crippen LogP contribution in [-0.2, 0) is 9.53 Å². The highest BCUT2D eigenvalue weighted by molar-refractivity contribution is 8.00.